The third-order valence-corrected chi connectivity index (χ3v) is 4.88. The summed E-state index contributed by atoms with van der Waals surface area (Å²) < 4.78 is 0. The van der Waals surface area contributed by atoms with Gasteiger partial charge in [0.05, 0.1) is 10.6 Å². The van der Waals surface area contributed by atoms with Crippen LogP contribution in [0.5, 0.6) is 0 Å². The SMILES string of the molecule is Cc1cccc(/N=C2/S/C(=C\c3ccncc3)C(=O)N2c2ccccc2)n1. The molecule has 0 saturated carbocycles. The average molecular weight is 372 g/mol. The summed E-state index contributed by atoms with van der Waals surface area (Å²) in [6, 6.07) is 18.9. The first-order valence-electron chi connectivity index (χ1n) is 8.42. The zero-order valence-electron chi connectivity index (χ0n) is 14.6. The molecule has 2 aromatic heterocycles. The van der Waals surface area contributed by atoms with E-state index in [-0.39, 0.29) is 5.91 Å². The van der Waals surface area contributed by atoms with E-state index in [0.29, 0.717) is 15.9 Å². The highest BCUT2D eigenvalue weighted by Gasteiger charge is 2.34. The van der Waals surface area contributed by atoms with E-state index in [1.54, 1.807) is 17.3 Å². The van der Waals surface area contributed by atoms with E-state index in [2.05, 4.69) is 15.0 Å². The summed E-state index contributed by atoms with van der Waals surface area (Å²) >= 11 is 1.34. The number of aryl methyl sites for hydroxylation is 1. The maximum atomic E-state index is 13.1. The van der Waals surface area contributed by atoms with Gasteiger partial charge in [-0.25, -0.2) is 9.98 Å². The standard InChI is InChI=1S/C21H16N4OS/c1-15-6-5-9-19(23-15)24-21-25(17-7-3-2-4-8-17)20(26)18(27-21)14-16-10-12-22-13-11-16/h2-14H,1H3/b18-14-,24-21+. The van der Waals surface area contributed by atoms with Gasteiger partial charge in [-0.15, -0.1) is 0 Å². The van der Waals surface area contributed by atoms with E-state index in [4.69, 9.17) is 0 Å². The first kappa shape index (κ1) is 17.2. The molecular formula is C21H16N4OS. The largest absolute Gasteiger partial charge is 0.271 e. The number of benzene rings is 1. The molecule has 1 aliphatic heterocycles. The van der Waals surface area contributed by atoms with Gasteiger partial charge in [0.1, 0.15) is 0 Å². The molecule has 0 N–H and O–H groups in total. The highest BCUT2D eigenvalue weighted by atomic mass is 32.2. The number of hydrogen-bond donors (Lipinski definition) is 0. The fourth-order valence-electron chi connectivity index (χ4n) is 2.65. The molecule has 0 unspecified atom stereocenters. The summed E-state index contributed by atoms with van der Waals surface area (Å²) in [6.07, 6.45) is 5.27. The van der Waals surface area contributed by atoms with E-state index < -0.39 is 0 Å². The lowest BCUT2D eigenvalue weighted by molar-refractivity contribution is -0.113. The highest BCUT2D eigenvalue weighted by molar-refractivity contribution is 8.19. The van der Waals surface area contributed by atoms with Crippen LogP contribution in [-0.4, -0.2) is 21.0 Å². The molecule has 132 valence electrons. The summed E-state index contributed by atoms with van der Waals surface area (Å²) in [5.41, 5.74) is 2.58. The van der Waals surface area contributed by atoms with Gasteiger partial charge in [0.25, 0.3) is 5.91 Å². The molecular weight excluding hydrogens is 356 g/mol. The van der Waals surface area contributed by atoms with Crippen molar-refractivity contribution in [3.8, 4) is 0 Å². The van der Waals surface area contributed by atoms with Crippen LogP contribution in [0.1, 0.15) is 11.3 Å². The number of hydrogen-bond acceptors (Lipinski definition) is 5. The first-order valence-corrected chi connectivity index (χ1v) is 9.24. The number of aliphatic imine (C=N–C) groups is 1. The van der Waals surface area contributed by atoms with Gasteiger partial charge in [-0.3, -0.25) is 14.7 Å². The quantitative estimate of drug-likeness (QED) is 0.631. The Hall–Kier alpha value is -3.25. The second-order valence-corrected chi connectivity index (χ2v) is 6.91. The number of anilines is 1. The number of nitrogens with zero attached hydrogens (tertiary/aromatic N) is 4. The third-order valence-electron chi connectivity index (χ3n) is 3.91. The van der Waals surface area contributed by atoms with E-state index in [9.17, 15) is 4.79 Å². The van der Waals surface area contributed by atoms with Gasteiger partial charge in [0.15, 0.2) is 11.0 Å². The maximum absolute atomic E-state index is 13.1. The van der Waals surface area contributed by atoms with E-state index in [1.807, 2.05) is 73.7 Å². The van der Waals surface area contributed by atoms with Gasteiger partial charge in [0, 0.05) is 18.1 Å². The summed E-state index contributed by atoms with van der Waals surface area (Å²) in [7, 11) is 0. The molecule has 1 amide bonds. The Kier molecular flexibility index (Phi) is 4.80. The second-order valence-electron chi connectivity index (χ2n) is 5.90. The second kappa shape index (κ2) is 7.55. The average Bonchev–Trinajstić information content (AvgIpc) is 2.98. The van der Waals surface area contributed by atoms with Crippen molar-refractivity contribution in [1.29, 1.82) is 0 Å². The van der Waals surface area contributed by atoms with Crippen molar-refractivity contribution < 1.29 is 4.79 Å². The molecule has 1 aromatic carbocycles. The molecule has 1 saturated heterocycles. The number of para-hydroxylation sites is 1. The molecule has 1 aliphatic rings. The van der Waals surface area contributed by atoms with Gasteiger partial charge in [0.2, 0.25) is 0 Å². The van der Waals surface area contributed by atoms with Crippen LogP contribution in [0.15, 0.2) is 83.0 Å². The molecule has 0 atom stereocenters. The van der Waals surface area contributed by atoms with Gasteiger partial charge < -0.3 is 0 Å². The van der Waals surface area contributed by atoms with Crippen LogP contribution in [0.2, 0.25) is 0 Å². The predicted octanol–water partition coefficient (Wildman–Crippen LogP) is 4.59. The zero-order valence-corrected chi connectivity index (χ0v) is 15.4. The number of thioether (sulfide) groups is 1. The monoisotopic (exact) mass is 372 g/mol. The van der Waals surface area contributed by atoms with Crippen molar-refractivity contribution in [2.45, 2.75) is 6.92 Å². The molecule has 0 spiro atoms. The molecule has 0 aliphatic carbocycles. The van der Waals surface area contributed by atoms with E-state index >= 15 is 0 Å². The van der Waals surface area contributed by atoms with Gasteiger partial charge in [-0.05, 0) is 66.7 Å². The molecule has 3 heterocycles. The molecule has 4 rings (SSSR count). The fourth-order valence-corrected chi connectivity index (χ4v) is 3.64. The van der Waals surface area contributed by atoms with Crippen molar-refractivity contribution in [1.82, 2.24) is 9.97 Å². The summed E-state index contributed by atoms with van der Waals surface area (Å²) in [6.45, 7) is 1.92. The normalized spacial score (nSPS) is 17.1. The van der Waals surface area contributed by atoms with Gasteiger partial charge in [-0.1, -0.05) is 24.3 Å². The number of amidine groups is 1. The number of pyridine rings is 2. The topological polar surface area (TPSA) is 58.5 Å². The van der Waals surface area contributed by atoms with Crippen molar-refractivity contribution in [2.24, 2.45) is 4.99 Å². The molecule has 0 bridgehead atoms. The van der Waals surface area contributed by atoms with Gasteiger partial charge >= 0.3 is 0 Å². The first-order chi connectivity index (χ1) is 13.2. The molecule has 1 fully saturated rings. The Morgan fingerprint density at radius 1 is 1.00 bits per heavy atom. The maximum Gasteiger partial charge on any atom is 0.271 e. The van der Waals surface area contributed by atoms with Crippen molar-refractivity contribution in [2.75, 3.05) is 4.90 Å². The van der Waals surface area contributed by atoms with Crippen LogP contribution < -0.4 is 4.90 Å². The third kappa shape index (κ3) is 3.80. The Morgan fingerprint density at radius 2 is 1.78 bits per heavy atom. The molecule has 6 heteroatoms. The van der Waals surface area contributed by atoms with Crippen LogP contribution in [0, 0.1) is 6.92 Å². The van der Waals surface area contributed by atoms with Crippen LogP contribution in [-0.2, 0) is 4.79 Å². The number of amides is 1. The van der Waals surface area contributed by atoms with Crippen LogP contribution in [0.3, 0.4) is 0 Å². The lowest BCUT2D eigenvalue weighted by atomic mass is 10.2. The predicted molar refractivity (Wildman–Crippen MR) is 110 cm³/mol. The fraction of sp³-hybridized carbons (Fsp3) is 0.0476. The van der Waals surface area contributed by atoms with Crippen molar-refractivity contribution in [3.05, 3.63) is 89.2 Å². The summed E-state index contributed by atoms with van der Waals surface area (Å²) in [4.78, 5) is 28.4. The minimum atomic E-state index is -0.102. The van der Waals surface area contributed by atoms with E-state index in [1.165, 1.54) is 11.8 Å². The minimum Gasteiger partial charge on any atom is -0.268 e. The number of carbonyl (C=O) groups is 1. The Morgan fingerprint density at radius 3 is 2.52 bits per heavy atom. The highest BCUT2D eigenvalue weighted by Crippen LogP contribution is 2.36. The number of carbonyl (C=O) groups excluding carboxylic acids is 1. The van der Waals surface area contributed by atoms with Crippen LogP contribution >= 0.6 is 11.8 Å². The van der Waals surface area contributed by atoms with E-state index in [0.717, 1.165) is 16.9 Å². The smallest absolute Gasteiger partial charge is 0.268 e. The zero-order chi connectivity index (χ0) is 18.6. The van der Waals surface area contributed by atoms with Crippen molar-refractivity contribution in [3.63, 3.8) is 0 Å². The van der Waals surface area contributed by atoms with Crippen molar-refractivity contribution >= 4 is 40.4 Å². The van der Waals surface area contributed by atoms with Gasteiger partial charge in [-0.2, -0.15) is 0 Å². The lowest BCUT2D eigenvalue weighted by Gasteiger charge is -2.15. The molecule has 5 nitrogen and oxygen atoms in total. The molecule has 27 heavy (non-hydrogen) atoms. The summed E-state index contributed by atoms with van der Waals surface area (Å²) in [5.74, 6) is 0.478. The number of rotatable bonds is 3. The molecule has 3 aromatic rings. The van der Waals surface area contributed by atoms with Crippen LogP contribution in [0.25, 0.3) is 6.08 Å². The Labute approximate surface area is 161 Å². The lowest BCUT2D eigenvalue weighted by Crippen LogP contribution is -2.28. The van der Waals surface area contributed by atoms with Crippen LogP contribution in [0.4, 0.5) is 11.5 Å². The Balaban J connectivity index is 1.78. The minimum absolute atomic E-state index is 0.102. The molecule has 0 radical (unpaired) electrons. The Bertz CT molecular complexity index is 1030. The summed E-state index contributed by atoms with van der Waals surface area (Å²) in [5, 5.41) is 0.588. The number of aromatic nitrogens is 2.